The van der Waals surface area contributed by atoms with Gasteiger partial charge in [-0.2, -0.15) is 0 Å². The van der Waals surface area contributed by atoms with Crippen LogP contribution in [0.2, 0.25) is 0 Å². The topological polar surface area (TPSA) is 60.2 Å². The number of aromatic nitrogens is 3. The molecule has 4 rings (SSSR count). The number of ether oxygens (including phenoxy) is 1. The number of imidazole rings is 1. The molecular weight excluding hydrogens is 340 g/mol. The van der Waals surface area contributed by atoms with E-state index >= 15 is 0 Å². The van der Waals surface area contributed by atoms with Crippen LogP contribution in [0.3, 0.4) is 0 Å². The third-order valence-corrected chi connectivity index (χ3v) is 5.07. The Morgan fingerprint density at radius 3 is 2.59 bits per heavy atom. The second-order valence-electron chi connectivity index (χ2n) is 6.75. The van der Waals surface area contributed by atoms with Crippen LogP contribution in [0.5, 0.6) is 5.75 Å². The van der Waals surface area contributed by atoms with E-state index in [0.29, 0.717) is 12.1 Å². The van der Waals surface area contributed by atoms with Gasteiger partial charge in [-0.3, -0.25) is 9.78 Å². The van der Waals surface area contributed by atoms with Crippen LogP contribution in [0.4, 0.5) is 0 Å². The van der Waals surface area contributed by atoms with Crippen molar-refractivity contribution in [3.05, 3.63) is 66.2 Å². The lowest BCUT2D eigenvalue weighted by Crippen LogP contribution is -2.29. The molecule has 1 unspecified atom stereocenters. The third kappa shape index (κ3) is 3.30. The van der Waals surface area contributed by atoms with Crippen LogP contribution in [0.25, 0.3) is 11.4 Å². The molecule has 0 N–H and O–H groups in total. The second-order valence-corrected chi connectivity index (χ2v) is 6.75. The first-order chi connectivity index (χ1) is 13.2. The Labute approximate surface area is 158 Å². The van der Waals surface area contributed by atoms with Crippen LogP contribution in [0.15, 0.2) is 55.0 Å². The van der Waals surface area contributed by atoms with Gasteiger partial charge in [-0.25, -0.2) is 4.98 Å². The molecule has 3 aromatic rings. The number of carbonyl (C=O) groups is 1. The fraction of sp³-hybridized carbons (Fsp3) is 0.286. The molecule has 1 aromatic carbocycles. The standard InChI is InChI=1S/C21H22N4O2/c1-15-13-23-20(16-7-10-22-11-8-16)25(15)18-9-12-24(14-18)21(26)17-3-5-19(27-2)6-4-17/h3-8,10-11,13,18H,9,12,14H2,1-2H3. The van der Waals surface area contributed by atoms with Crippen molar-refractivity contribution in [2.24, 2.45) is 0 Å². The molecule has 1 saturated heterocycles. The summed E-state index contributed by atoms with van der Waals surface area (Å²) in [7, 11) is 1.62. The number of likely N-dealkylation sites (tertiary alicyclic amines) is 1. The normalized spacial score (nSPS) is 16.5. The molecule has 2 aromatic heterocycles. The Hall–Kier alpha value is -3.15. The number of pyridine rings is 1. The number of methoxy groups -OCH3 is 1. The Bertz CT molecular complexity index is 935. The summed E-state index contributed by atoms with van der Waals surface area (Å²) in [4.78, 5) is 23.5. The SMILES string of the molecule is COc1ccc(C(=O)N2CCC(n3c(C)cnc3-c3ccncc3)C2)cc1. The summed E-state index contributed by atoms with van der Waals surface area (Å²) >= 11 is 0. The van der Waals surface area contributed by atoms with Gasteiger partial charge in [0, 0.05) is 48.5 Å². The first-order valence-corrected chi connectivity index (χ1v) is 9.05. The molecule has 1 amide bonds. The smallest absolute Gasteiger partial charge is 0.253 e. The number of rotatable bonds is 4. The van der Waals surface area contributed by atoms with E-state index < -0.39 is 0 Å². The van der Waals surface area contributed by atoms with Gasteiger partial charge in [0.2, 0.25) is 0 Å². The van der Waals surface area contributed by atoms with Crippen LogP contribution in [0, 0.1) is 6.92 Å². The molecule has 0 bridgehead atoms. The van der Waals surface area contributed by atoms with Crippen molar-refractivity contribution < 1.29 is 9.53 Å². The molecule has 138 valence electrons. The minimum absolute atomic E-state index is 0.0587. The predicted molar refractivity (Wildman–Crippen MR) is 103 cm³/mol. The van der Waals surface area contributed by atoms with Crippen molar-refractivity contribution in [3.8, 4) is 17.1 Å². The first kappa shape index (κ1) is 17.3. The monoisotopic (exact) mass is 362 g/mol. The van der Waals surface area contributed by atoms with Gasteiger partial charge in [-0.15, -0.1) is 0 Å². The molecule has 3 heterocycles. The van der Waals surface area contributed by atoms with Crippen molar-refractivity contribution in [1.29, 1.82) is 0 Å². The summed E-state index contributed by atoms with van der Waals surface area (Å²) in [5, 5.41) is 0. The summed E-state index contributed by atoms with van der Waals surface area (Å²) in [5.41, 5.74) is 2.83. The van der Waals surface area contributed by atoms with Crippen molar-refractivity contribution in [3.63, 3.8) is 0 Å². The van der Waals surface area contributed by atoms with E-state index in [1.807, 2.05) is 47.5 Å². The maximum atomic E-state index is 12.9. The van der Waals surface area contributed by atoms with Crippen molar-refractivity contribution in [1.82, 2.24) is 19.4 Å². The number of nitrogens with zero attached hydrogens (tertiary/aromatic N) is 4. The molecule has 0 radical (unpaired) electrons. The molecule has 1 fully saturated rings. The molecule has 1 aliphatic heterocycles. The number of aryl methyl sites for hydroxylation is 1. The lowest BCUT2D eigenvalue weighted by Gasteiger charge is -2.20. The van der Waals surface area contributed by atoms with E-state index in [4.69, 9.17) is 4.74 Å². The van der Waals surface area contributed by atoms with E-state index in [-0.39, 0.29) is 11.9 Å². The van der Waals surface area contributed by atoms with Gasteiger partial charge in [-0.05, 0) is 49.7 Å². The zero-order chi connectivity index (χ0) is 18.8. The molecule has 1 atom stereocenters. The molecule has 0 saturated carbocycles. The second kappa shape index (κ2) is 7.23. The third-order valence-electron chi connectivity index (χ3n) is 5.07. The summed E-state index contributed by atoms with van der Waals surface area (Å²) in [5.74, 6) is 1.74. The highest BCUT2D eigenvalue weighted by Gasteiger charge is 2.30. The quantitative estimate of drug-likeness (QED) is 0.714. The molecule has 0 spiro atoms. The van der Waals surface area contributed by atoms with Gasteiger partial charge in [0.15, 0.2) is 0 Å². The number of hydrogen-bond donors (Lipinski definition) is 0. The molecule has 27 heavy (non-hydrogen) atoms. The van der Waals surface area contributed by atoms with Gasteiger partial charge in [-0.1, -0.05) is 0 Å². The average Bonchev–Trinajstić information content (AvgIpc) is 3.34. The van der Waals surface area contributed by atoms with Crippen LogP contribution in [-0.2, 0) is 0 Å². The number of carbonyl (C=O) groups excluding carboxylic acids is 1. The van der Waals surface area contributed by atoms with E-state index in [2.05, 4.69) is 21.5 Å². The minimum Gasteiger partial charge on any atom is -0.497 e. The zero-order valence-corrected chi connectivity index (χ0v) is 15.5. The predicted octanol–water partition coefficient (Wildman–Crippen LogP) is 3.35. The van der Waals surface area contributed by atoms with Gasteiger partial charge in [0.05, 0.1) is 13.2 Å². The molecule has 0 aliphatic carbocycles. The number of amides is 1. The van der Waals surface area contributed by atoms with Gasteiger partial charge >= 0.3 is 0 Å². The van der Waals surface area contributed by atoms with Crippen molar-refractivity contribution >= 4 is 5.91 Å². The Kier molecular flexibility index (Phi) is 4.62. The van der Waals surface area contributed by atoms with Gasteiger partial charge in [0.1, 0.15) is 11.6 Å². The Morgan fingerprint density at radius 2 is 1.89 bits per heavy atom. The van der Waals surface area contributed by atoms with Crippen molar-refractivity contribution in [2.75, 3.05) is 20.2 Å². The first-order valence-electron chi connectivity index (χ1n) is 9.05. The highest BCUT2D eigenvalue weighted by atomic mass is 16.5. The van der Waals surface area contributed by atoms with Crippen molar-refractivity contribution in [2.45, 2.75) is 19.4 Å². The number of hydrogen-bond acceptors (Lipinski definition) is 4. The lowest BCUT2D eigenvalue weighted by atomic mass is 10.2. The number of benzene rings is 1. The fourth-order valence-corrected chi connectivity index (χ4v) is 3.67. The van der Waals surface area contributed by atoms with Gasteiger partial charge in [0.25, 0.3) is 5.91 Å². The van der Waals surface area contributed by atoms with Crippen LogP contribution in [0.1, 0.15) is 28.5 Å². The van der Waals surface area contributed by atoms with E-state index in [1.54, 1.807) is 19.5 Å². The summed E-state index contributed by atoms with van der Waals surface area (Å²) in [6, 6.07) is 11.4. The molecular formula is C21H22N4O2. The molecule has 6 heteroatoms. The van der Waals surface area contributed by atoms with Gasteiger partial charge < -0.3 is 14.2 Å². The van der Waals surface area contributed by atoms with E-state index in [1.165, 1.54) is 0 Å². The largest absolute Gasteiger partial charge is 0.497 e. The molecule has 1 aliphatic rings. The highest BCUT2D eigenvalue weighted by molar-refractivity contribution is 5.94. The fourth-order valence-electron chi connectivity index (χ4n) is 3.67. The van der Waals surface area contributed by atoms with Crippen LogP contribution in [-0.4, -0.2) is 45.5 Å². The molecule has 6 nitrogen and oxygen atoms in total. The zero-order valence-electron chi connectivity index (χ0n) is 15.5. The Morgan fingerprint density at radius 1 is 1.15 bits per heavy atom. The summed E-state index contributed by atoms with van der Waals surface area (Å²) in [6.07, 6.45) is 6.36. The minimum atomic E-state index is 0.0587. The van der Waals surface area contributed by atoms with Crippen LogP contribution >= 0.6 is 0 Å². The maximum absolute atomic E-state index is 12.9. The van der Waals surface area contributed by atoms with E-state index in [0.717, 1.165) is 35.8 Å². The highest BCUT2D eigenvalue weighted by Crippen LogP contribution is 2.30. The van der Waals surface area contributed by atoms with Crippen LogP contribution < -0.4 is 4.74 Å². The Balaban J connectivity index is 1.55. The summed E-state index contributed by atoms with van der Waals surface area (Å²) in [6.45, 7) is 3.48. The van der Waals surface area contributed by atoms with E-state index in [9.17, 15) is 4.79 Å². The lowest BCUT2D eigenvalue weighted by molar-refractivity contribution is 0.0787. The maximum Gasteiger partial charge on any atom is 0.253 e. The summed E-state index contributed by atoms with van der Waals surface area (Å²) < 4.78 is 7.42. The average molecular weight is 362 g/mol.